The van der Waals surface area contributed by atoms with Gasteiger partial charge in [-0.15, -0.1) is 0 Å². The molecule has 0 fully saturated rings. The third-order valence-corrected chi connectivity index (χ3v) is 3.99. The molecule has 2 aromatic carbocycles. The average molecular weight is 330 g/mol. The number of hydrogen-bond donors (Lipinski definition) is 1. The van der Waals surface area contributed by atoms with E-state index in [2.05, 4.69) is 4.98 Å². The van der Waals surface area contributed by atoms with Crippen molar-refractivity contribution in [2.24, 2.45) is 0 Å². The molecule has 4 rings (SSSR count). The van der Waals surface area contributed by atoms with Crippen LogP contribution in [0.15, 0.2) is 53.3 Å². The molecule has 0 atom stereocenters. The summed E-state index contributed by atoms with van der Waals surface area (Å²) in [6.07, 6.45) is -5.03. The zero-order valence-corrected chi connectivity index (χ0v) is 12.0. The molecule has 24 heavy (non-hydrogen) atoms. The summed E-state index contributed by atoms with van der Waals surface area (Å²) in [6, 6.07) is 12.5. The largest absolute Gasteiger partial charge is 0.454 e. The van der Waals surface area contributed by atoms with E-state index in [0.29, 0.717) is 10.9 Å². The minimum Gasteiger partial charge on any atom is -0.307 e. The van der Waals surface area contributed by atoms with Crippen molar-refractivity contribution in [3.05, 3.63) is 64.6 Å². The number of carbonyl (C=O) groups excluding carboxylic acids is 1. The molecular formula is C17H9F3N2O2. The number of Topliss-reactive ketones (excluding diaryl/α,β-unsaturated/α-hetero) is 1. The van der Waals surface area contributed by atoms with Gasteiger partial charge in [-0.25, -0.2) is 4.79 Å². The highest BCUT2D eigenvalue weighted by Gasteiger charge is 2.42. The fourth-order valence-electron chi connectivity index (χ4n) is 3.05. The molecule has 4 aromatic rings. The van der Waals surface area contributed by atoms with Gasteiger partial charge in [0.15, 0.2) is 0 Å². The molecule has 2 heterocycles. The Morgan fingerprint density at radius 1 is 0.958 bits per heavy atom. The monoisotopic (exact) mass is 330 g/mol. The maximum absolute atomic E-state index is 13.1. The Labute approximate surface area is 132 Å². The van der Waals surface area contributed by atoms with Crippen LogP contribution in [0.1, 0.15) is 10.4 Å². The molecule has 0 spiro atoms. The molecular weight excluding hydrogens is 321 g/mol. The van der Waals surface area contributed by atoms with Crippen LogP contribution in [0, 0.1) is 0 Å². The van der Waals surface area contributed by atoms with Gasteiger partial charge in [0.2, 0.25) is 0 Å². The Morgan fingerprint density at radius 2 is 1.58 bits per heavy atom. The summed E-state index contributed by atoms with van der Waals surface area (Å²) in [5.41, 5.74) is -0.500. The molecule has 7 heteroatoms. The van der Waals surface area contributed by atoms with Crippen molar-refractivity contribution in [2.75, 3.05) is 0 Å². The minimum absolute atomic E-state index is 0.0297. The molecule has 0 bridgehead atoms. The number of rotatable bonds is 1. The number of carbonyl (C=O) groups is 1. The lowest BCUT2D eigenvalue weighted by Crippen LogP contribution is -2.23. The quantitative estimate of drug-likeness (QED) is 0.541. The highest BCUT2D eigenvalue weighted by molar-refractivity contribution is 6.21. The molecule has 0 saturated carbocycles. The standard InChI is InChI=1S/C17H9F3N2O2/c18-17(19,20)15(23)13-10-6-2-4-8-12(10)22-14(13)9-5-1-3-7-11(9)21-16(22)24/h1-8H,(H,21,24). The van der Waals surface area contributed by atoms with Crippen molar-refractivity contribution >= 4 is 33.1 Å². The summed E-state index contributed by atoms with van der Waals surface area (Å²) in [6.45, 7) is 0. The van der Waals surface area contributed by atoms with Crippen molar-refractivity contribution in [1.29, 1.82) is 0 Å². The molecule has 0 saturated heterocycles. The molecule has 1 N–H and O–H groups in total. The number of H-pyrrole nitrogens is 1. The summed E-state index contributed by atoms with van der Waals surface area (Å²) in [5.74, 6) is -1.96. The SMILES string of the molecule is O=C(c1c2ccccc2n2c(=O)[nH]c3ccccc3c12)C(F)(F)F. The Bertz CT molecular complexity index is 1190. The second-order valence-electron chi connectivity index (χ2n) is 5.38. The van der Waals surface area contributed by atoms with Crippen LogP contribution >= 0.6 is 0 Å². The Hall–Kier alpha value is -3.09. The molecule has 0 unspecified atom stereocenters. The lowest BCUT2D eigenvalue weighted by Gasteiger charge is -2.07. The first-order valence-corrected chi connectivity index (χ1v) is 7.05. The van der Waals surface area contributed by atoms with E-state index < -0.39 is 23.2 Å². The van der Waals surface area contributed by atoms with Crippen LogP contribution in [0.4, 0.5) is 13.2 Å². The normalized spacial score (nSPS) is 12.3. The summed E-state index contributed by atoms with van der Waals surface area (Å²) in [4.78, 5) is 27.1. The Kier molecular flexibility index (Phi) is 2.84. The van der Waals surface area contributed by atoms with E-state index in [1.54, 1.807) is 30.3 Å². The van der Waals surface area contributed by atoms with E-state index in [9.17, 15) is 22.8 Å². The first-order chi connectivity index (χ1) is 11.4. The molecule has 0 aliphatic rings. The smallest absolute Gasteiger partial charge is 0.307 e. The number of fused-ring (bicyclic) bond motifs is 5. The number of aromatic amines is 1. The first-order valence-electron chi connectivity index (χ1n) is 7.05. The maximum Gasteiger partial charge on any atom is 0.454 e. The van der Waals surface area contributed by atoms with Gasteiger partial charge >= 0.3 is 11.9 Å². The van der Waals surface area contributed by atoms with Crippen LogP contribution in [-0.2, 0) is 0 Å². The summed E-state index contributed by atoms with van der Waals surface area (Å²) in [5, 5.41) is 0.475. The fraction of sp³-hybridized carbons (Fsp3) is 0.0588. The van der Waals surface area contributed by atoms with Gasteiger partial charge in [-0.3, -0.25) is 9.20 Å². The highest BCUT2D eigenvalue weighted by Crippen LogP contribution is 2.34. The number of benzene rings is 2. The van der Waals surface area contributed by atoms with Crippen LogP contribution in [0.2, 0.25) is 0 Å². The molecule has 0 aliphatic carbocycles. The fourth-order valence-corrected chi connectivity index (χ4v) is 3.05. The number of hydrogen-bond acceptors (Lipinski definition) is 2. The number of para-hydroxylation sites is 2. The molecule has 2 aromatic heterocycles. The third kappa shape index (κ3) is 1.87. The summed E-state index contributed by atoms with van der Waals surface area (Å²) in [7, 11) is 0. The van der Waals surface area contributed by atoms with Crippen molar-refractivity contribution < 1.29 is 18.0 Å². The van der Waals surface area contributed by atoms with Crippen LogP contribution in [0.5, 0.6) is 0 Å². The van der Waals surface area contributed by atoms with Crippen LogP contribution < -0.4 is 5.69 Å². The zero-order valence-electron chi connectivity index (χ0n) is 12.0. The number of halogens is 3. The zero-order chi connectivity index (χ0) is 17.1. The lowest BCUT2D eigenvalue weighted by atomic mass is 10.0. The van der Waals surface area contributed by atoms with Gasteiger partial charge in [0.25, 0.3) is 5.78 Å². The summed E-state index contributed by atoms with van der Waals surface area (Å²) >= 11 is 0. The van der Waals surface area contributed by atoms with Crippen molar-refractivity contribution in [3.8, 4) is 0 Å². The van der Waals surface area contributed by atoms with E-state index >= 15 is 0 Å². The topological polar surface area (TPSA) is 54.3 Å². The van der Waals surface area contributed by atoms with E-state index in [4.69, 9.17) is 0 Å². The molecule has 0 amide bonds. The predicted octanol–water partition coefficient (Wildman–Crippen LogP) is 3.68. The van der Waals surface area contributed by atoms with E-state index in [1.807, 2.05) is 0 Å². The van der Waals surface area contributed by atoms with Crippen molar-refractivity contribution in [1.82, 2.24) is 9.38 Å². The third-order valence-electron chi connectivity index (χ3n) is 3.99. The Balaban J connectivity index is 2.36. The first kappa shape index (κ1) is 14.5. The van der Waals surface area contributed by atoms with E-state index in [-0.39, 0.29) is 16.4 Å². The van der Waals surface area contributed by atoms with Gasteiger partial charge in [0.1, 0.15) is 0 Å². The molecule has 4 nitrogen and oxygen atoms in total. The lowest BCUT2D eigenvalue weighted by molar-refractivity contribution is -0.0883. The number of alkyl halides is 3. The van der Waals surface area contributed by atoms with Crippen LogP contribution in [0.3, 0.4) is 0 Å². The van der Waals surface area contributed by atoms with Crippen LogP contribution in [-0.4, -0.2) is 21.3 Å². The highest BCUT2D eigenvalue weighted by atomic mass is 19.4. The minimum atomic E-state index is -5.03. The van der Waals surface area contributed by atoms with Crippen molar-refractivity contribution in [3.63, 3.8) is 0 Å². The van der Waals surface area contributed by atoms with Gasteiger partial charge in [0, 0.05) is 10.8 Å². The molecule has 0 radical (unpaired) electrons. The van der Waals surface area contributed by atoms with Gasteiger partial charge in [-0.1, -0.05) is 36.4 Å². The van der Waals surface area contributed by atoms with E-state index in [1.165, 1.54) is 18.2 Å². The predicted molar refractivity (Wildman–Crippen MR) is 83.4 cm³/mol. The summed E-state index contributed by atoms with van der Waals surface area (Å²) < 4.78 is 40.5. The number of nitrogens with zero attached hydrogens (tertiary/aromatic N) is 1. The number of aromatic nitrogens is 2. The van der Waals surface area contributed by atoms with Crippen LogP contribution in [0.25, 0.3) is 27.3 Å². The molecule has 120 valence electrons. The van der Waals surface area contributed by atoms with E-state index in [0.717, 1.165) is 4.40 Å². The number of nitrogens with one attached hydrogen (secondary N) is 1. The van der Waals surface area contributed by atoms with Crippen molar-refractivity contribution in [2.45, 2.75) is 6.18 Å². The van der Waals surface area contributed by atoms with Gasteiger partial charge < -0.3 is 4.98 Å². The second-order valence-corrected chi connectivity index (χ2v) is 5.38. The average Bonchev–Trinajstić information content (AvgIpc) is 2.89. The van der Waals surface area contributed by atoms with Gasteiger partial charge in [0.05, 0.1) is 22.1 Å². The van der Waals surface area contributed by atoms with Gasteiger partial charge in [-0.05, 0) is 12.1 Å². The van der Waals surface area contributed by atoms with Gasteiger partial charge in [-0.2, -0.15) is 13.2 Å². The molecule has 0 aliphatic heterocycles. The maximum atomic E-state index is 13.1. The number of ketones is 1. The Morgan fingerprint density at radius 3 is 2.29 bits per heavy atom. The second kappa shape index (κ2) is 4.70.